The third-order valence-electron chi connectivity index (χ3n) is 9.53. The molecule has 4 aromatic carbocycles. The molecule has 254 valence electrons. The van der Waals surface area contributed by atoms with Gasteiger partial charge in [0.2, 0.25) is 8.41 Å². The van der Waals surface area contributed by atoms with Crippen molar-refractivity contribution in [1.29, 1.82) is 0 Å². The maximum absolute atomic E-state index is 16.0. The van der Waals surface area contributed by atoms with Gasteiger partial charge >= 0.3 is 0 Å². The average Bonchev–Trinajstić information content (AvgIpc) is 3.48. The van der Waals surface area contributed by atoms with Crippen LogP contribution >= 0.6 is 0 Å². The smallest absolute Gasteiger partial charge is 0.264 e. The fourth-order valence-corrected chi connectivity index (χ4v) is 9.77. The van der Waals surface area contributed by atoms with Crippen molar-refractivity contribution < 1.29 is 28.3 Å². The molecule has 1 saturated heterocycles. The molecule has 0 aliphatic carbocycles. The summed E-state index contributed by atoms with van der Waals surface area (Å²) < 4.78 is 22.6. The number of nitrogens with one attached hydrogen (secondary N) is 2. The lowest BCUT2D eigenvalue weighted by molar-refractivity contribution is -0.146. The number of amides is 3. The van der Waals surface area contributed by atoms with E-state index in [1.54, 1.807) is 96.9 Å². The zero-order valence-electron chi connectivity index (χ0n) is 27.6. The molecule has 0 saturated carbocycles. The first-order valence-corrected chi connectivity index (χ1v) is 19.1. The lowest BCUT2D eigenvalue weighted by atomic mass is 9.82. The van der Waals surface area contributed by atoms with Crippen LogP contribution in [-0.2, 0) is 21.7 Å². The van der Waals surface area contributed by atoms with Crippen LogP contribution < -0.4 is 27.0 Å². The third-order valence-corrected chi connectivity index (χ3v) is 12.0. The number of ether oxygens (including phenoxy) is 1. The van der Waals surface area contributed by atoms with E-state index in [1.807, 2.05) is 19.1 Å². The molecule has 0 aromatic heterocycles. The maximum atomic E-state index is 16.0. The van der Waals surface area contributed by atoms with Crippen molar-refractivity contribution in [2.75, 3.05) is 33.6 Å². The Hall–Kier alpha value is -5.04. The minimum atomic E-state index is -3.39. The predicted octanol–water partition coefficient (Wildman–Crippen LogP) is 6.06. The number of hydrogen-bond acceptors (Lipinski definition) is 7. The molecule has 0 unspecified atom stereocenters. The quantitative estimate of drug-likeness (QED) is 0.0816. The molecule has 12 heteroatoms. The summed E-state index contributed by atoms with van der Waals surface area (Å²) in [4.78, 5) is 42.1. The number of nitrogen functional groups attached to an aromatic ring is 2. The number of carbonyl (C=O) groups is 3. The van der Waals surface area contributed by atoms with Crippen molar-refractivity contribution in [1.82, 2.24) is 0 Å². The standard InChI is InChI=1S/C37H40FN5O5Si/c1-22-33(49(2,3)38)32(18-19-44)48-37(22)30-20-29(42-35(46)25-8-12-27(40)13-9-25)16-17-31(30)43(36(37)47)21-23-4-14-28(15-5-23)41-34(45)24-6-10-26(39)11-7-24/h4-17,20,22,32-33,44H,18-19,21,39-40H2,1-3H3,(H,41,45)(H,42,46)/t22-,32+,33-,37+/m0/s1. The lowest BCUT2D eigenvalue weighted by Crippen LogP contribution is -2.45. The van der Waals surface area contributed by atoms with Gasteiger partial charge in [-0.25, -0.2) is 0 Å². The highest BCUT2D eigenvalue weighted by molar-refractivity contribution is 6.72. The second kappa shape index (κ2) is 13.1. The number of fused-ring (bicyclic) bond motifs is 2. The summed E-state index contributed by atoms with van der Waals surface area (Å²) in [6.45, 7) is 5.03. The van der Waals surface area contributed by atoms with Gasteiger partial charge in [-0.3, -0.25) is 14.4 Å². The van der Waals surface area contributed by atoms with E-state index in [1.165, 1.54) is 0 Å². The molecule has 49 heavy (non-hydrogen) atoms. The third kappa shape index (κ3) is 6.42. The Balaban J connectivity index is 1.32. The van der Waals surface area contributed by atoms with Gasteiger partial charge in [0, 0.05) is 57.5 Å². The van der Waals surface area contributed by atoms with Crippen molar-refractivity contribution in [3.8, 4) is 0 Å². The Morgan fingerprint density at radius 1 is 0.878 bits per heavy atom. The van der Waals surface area contributed by atoms with Crippen molar-refractivity contribution in [2.45, 2.75) is 50.2 Å². The van der Waals surface area contributed by atoms with Crippen LogP contribution in [-0.4, -0.2) is 43.9 Å². The van der Waals surface area contributed by atoms with Crippen LogP contribution in [0.15, 0.2) is 91.0 Å². The number of aliphatic hydroxyl groups is 1. The molecule has 3 amide bonds. The zero-order valence-corrected chi connectivity index (χ0v) is 28.6. The van der Waals surface area contributed by atoms with E-state index in [9.17, 15) is 19.5 Å². The second-order valence-electron chi connectivity index (χ2n) is 13.3. The first-order chi connectivity index (χ1) is 23.3. The van der Waals surface area contributed by atoms with Crippen LogP contribution in [0.4, 0.5) is 32.5 Å². The minimum absolute atomic E-state index is 0.179. The summed E-state index contributed by atoms with van der Waals surface area (Å²) >= 11 is 0. The molecule has 10 nitrogen and oxygen atoms in total. The van der Waals surface area contributed by atoms with Crippen molar-refractivity contribution in [3.05, 3.63) is 113 Å². The Morgan fingerprint density at radius 2 is 1.41 bits per heavy atom. The number of nitrogens with two attached hydrogens (primary N) is 2. The fourth-order valence-electron chi connectivity index (χ4n) is 7.23. The molecule has 6 rings (SSSR count). The zero-order chi connectivity index (χ0) is 35.1. The second-order valence-corrected chi connectivity index (χ2v) is 17.1. The van der Waals surface area contributed by atoms with Crippen LogP contribution in [0, 0.1) is 5.92 Å². The Kier molecular flexibility index (Phi) is 9.05. The van der Waals surface area contributed by atoms with E-state index >= 15 is 4.11 Å². The van der Waals surface area contributed by atoms with E-state index < -0.39 is 31.6 Å². The molecular formula is C37H40FN5O5Si. The van der Waals surface area contributed by atoms with Gasteiger partial charge in [0.05, 0.1) is 18.3 Å². The molecule has 2 heterocycles. The largest absolute Gasteiger partial charge is 0.399 e. The van der Waals surface area contributed by atoms with Crippen molar-refractivity contribution >= 4 is 54.6 Å². The predicted molar refractivity (Wildman–Crippen MR) is 191 cm³/mol. The Bertz CT molecular complexity index is 1880. The highest BCUT2D eigenvalue weighted by atomic mass is 28.4. The van der Waals surface area contributed by atoms with Gasteiger partial charge in [0.25, 0.3) is 17.7 Å². The summed E-state index contributed by atoms with van der Waals surface area (Å²) in [5, 5.41) is 15.7. The molecule has 2 aliphatic rings. The van der Waals surface area contributed by atoms with E-state index in [2.05, 4.69) is 10.6 Å². The first kappa shape index (κ1) is 33.8. The molecule has 4 atom stereocenters. The number of halogens is 1. The Morgan fingerprint density at radius 3 is 1.94 bits per heavy atom. The highest BCUT2D eigenvalue weighted by Crippen LogP contribution is 2.60. The molecule has 4 aromatic rings. The number of rotatable bonds is 9. The summed E-state index contributed by atoms with van der Waals surface area (Å²) in [7, 11) is -3.39. The van der Waals surface area contributed by atoms with Gasteiger partial charge in [-0.15, -0.1) is 0 Å². The normalized spacial score (nSPS) is 21.5. The van der Waals surface area contributed by atoms with Crippen molar-refractivity contribution in [2.24, 2.45) is 5.92 Å². The summed E-state index contributed by atoms with van der Waals surface area (Å²) in [5.74, 6) is -1.52. The van der Waals surface area contributed by atoms with Crippen LogP contribution in [0.25, 0.3) is 0 Å². The number of carbonyl (C=O) groups excluding carboxylic acids is 3. The summed E-state index contributed by atoms with van der Waals surface area (Å²) in [6, 6.07) is 25.5. The molecule has 1 fully saturated rings. The number of aliphatic hydroxyl groups excluding tert-OH is 1. The van der Waals surface area contributed by atoms with Crippen LogP contribution in [0.2, 0.25) is 18.6 Å². The monoisotopic (exact) mass is 681 g/mol. The SMILES string of the molecule is C[C@H]1[C@H]([Si](C)(C)F)[C@@H](CCO)O[C@]12C(=O)N(Cc1ccc(NC(=O)c3ccc(N)cc3)cc1)c1ccc(NC(=O)c3ccc(N)cc3)cc12. The van der Waals surface area contributed by atoms with Crippen LogP contribution in [0.3, 0.4) is 0 Å². The maximum Gasteiger partial charge on any atom is 0.264 e. The van der Waals surface area contributed by atoms with Crippen molar-refractivity contribution in [3.63, 3.8) is 0 Å². The number of nitrogens with zero attached hydrogens (tertiary/aromatic N) is 1. The summed E-state index contributed by atoms with van der Waals surface area (Å²) in [5.41, 5.74) is 14.4. The fraction of sp³-hybridized carbons (Fsp3) is 0.270. The summed E-state index contributed by atoms with van der Waals surface area (Å²) in [6.07, 6.45) is -0.475. The van der Waals surface area contributed by atoms with E-state index in [4.69, 9.17) is 16.2 Å². The average molecular weight is 682 g/mol. The number of benzene rings is 4. The molecule has 0 bridgehead atoms. The highest BCUT2D eigenvalue weighted by Gasteiger charge is 2.66. The molecule has 0 radical (unpaired) electrons. The van der Waals surface area contributed by atoms with E-state index in [0.717, 1.165) is 5.56 Å². The van der Waals surface area contributed by atoms with Gasteiger partial charge < -0.3 is 41.0 Å². The number of anilines is 5. The van der Waals surface area contributed by atoms with Crippen LogP contribution in [0.5, 0.6) is 0 Å². The lowest BCUT2D eigenvalue weighted by Gasteiger charge is -2.31. The van der Waals surface area contributed by atoms with Crippen LogP contribution in [0.1, 0.15) is 45.2 Å². The first-order valence-electron chi connectivity index (χ1n) is 16.2. The number of hydrogen-bond donors (Lipinski definition) is 5. The van der Waals surface area contributed by atoms with Gasteiger partial charge in [0.15, 0.2) is 5.60 Å². The van der Waals surface area contributed by atoms with Gasteiger partial charge in [-0.1, -0.05) is 19.1 Å². The minimum Gasteiger partial charge on any atom is -0.399 e. The van der Waals surface area contributed by atoms with E-state index in [-0.39, 0.29) is 37.3 Å². The molecular weight excluding hydrogens is 642 g/mol. The van der Waals surface area contributed by atoms with Gasteiger partial charge in [0.1, 0.15) is 0 Å². The molecule has 2 aliphatic heterocycles. The molecule has 1 spiro atoms. The van der Waals surface area contributed by atoms with E-state index in [0.29, 0.717) is 45.1 Å². The topological polar surface area (TPSA) is 160 Å². The molecule has 7 N–H and O–H groups in total. The van der Waals surface area contributed by atoms with Gasteiger partial charge in [-0.05, 0) is 104 Å². The Labute approximate surface area is 285 Å². The van der Waals surface area contributed by atoms with Gasteiger partial charge in [-0.2, -0.15) is 0 Å².